The average molecular weight is 332 g/mol. The number of anilines is 1. The van der Waals surface area contributed by atoms with Gasteiger partial charge in [-0.1, -0.05) is 24.8 Å². The molecular formula is C16H20N4O4. The number of nitrogens with one attached hydrogen (secondary N) is 2. The molecule has 8 heteroatoms. The number of para-hydroxylation sites is 1. The number of nitrogens with zero attached hydrogens (tertiary/aromatic N) is 1. The number of amides is 3. The summed E-state index contributed by atoms with van der Waals surface area (Å²) in [6.45, 7) is 3.97. The van der Waals surface area contributed by atoms with Crippen molar-refractivity contribution in [3.8, 4) is 0 Å². The predicted octanol–water partition coefficient (Wildman–Crippen LogP) is 0.930. The van der Waals surface area contributed by atoms with Gasteiger partial charge in [-0.15, -0.1) is 0 Å². The van der Waals surface area contributed by atoms with Gasteiger partial charge in [0.2, 0.25) is 5.91 Å². The summed E-state index contributed by atoms with van der Waals surface area (Å²) in [5.74, 6) is -2.08. The number of urea groups is 1. The molecule has 0 aliphatic carbocycles. The molecule has 1 aromatic rings. The predicted molar refractivity (Wildman–Crippen MR) is 87.8 cm³/mol. The Labute approximate surface area is 139 Å². The number of β-lactam (4-membered cyclic amide) rings is 1. The third kappa shape index (κ3) is 3.83. The number of benzene rings is 1. The molecule has 0 aromatic heterocycles. The van der Waals surface area contributed by atoms with Crippen molar-refractivity contribution in [1.29, 1.82) is 0 Å². The molecule has 1 aliphatic heterocycles. The summed E-state index contributed by atoms with van der Waals surface area (Å²) in [4.78, 5) is 36.5. The maximum atomic E-state index is 12.2. The number of nitrogens with two attached hydrogens (primary N) is 1. The molecular weight excluding hydrogens is 312 g/mol. The van der Waals surface area contributed by atoms with E-state index in [0.29, 0.717) is 30.9 Å². The monoisotopic (exact) mass is 332 g/mol. The lowest BCUT2D eigenvalue weighted by atomic mass is 9.84. The number of rotatable bonds is 7. The van der Waals surface area contributed by atoms with Crippen LogP contribution in [0.5, 0.6) is 0 Å². The molecule has 5 N–H and O–H groups in total. The number of carbonyl (C=O) groups excluding carboxylic acids is 2. The number of carbonyl (C=O) groups is 3. The summed E-state index contributed by atoms with van der Waals surface area (Å²) in [5, 5.41) is 14.7. The van der Waals surface area contributed by atoms with E-state index in [2.05, 4.69) is 17.2 Å². The highest BCUT2D eigenvalue weighted by molar-refractivity contribution is 6.10. The van der Waals surface area contributed by atoms with E-state index in [1.807, 2.05) is 0 Å². The van der Waals surface area contributed by atoms with Gasteiger partial charge in [-0.3, -0.25) is 4.79 Å². The first-order chi connectivity index (χ1) is 11.4. The van der Waals surface area contributed by atoms with Crippen LogP contribution in [0.4, 0.5) is 10.5 Å². The molecule has 0 saturated carbocycles. The van der Waals surface area contributed by atoms with E-state index in [1.54, 1.807) is 30.3 Å². The van der Waals surface area contributed by atoms with Gasteiger partial charge in [0, 0.05) is 12.2 Å². The highest BCUT2D eigenvalue weighted by Crippen LogP contribution is 2.31. The number of carboxylic acid groups (broad SMARTS) is 1. The maximum absolute atomic E-state index is 12.2. The zero-order chi connectivity index (χ0) is 17.7. The minimum absolute atomic E-state index is 0.314. The third-order valence-corrected chi connectivity index (χ3v) is 3.75. The molecule has 1 heterocycles. The fourth-order valence-electron chi connectivity index (χ4n) is 2.61. The quantitative estimate of drug-likeness (QED) is 0.435. The van der Waals surface area contributed by atoms with Crippen LogP contribution in [0.1, 0.15) is 12.8 Å². The van der Waals surface area contributed by atoms with Crippen LogP contribution in [0.15, 0.2) is 42.7 Å². The van der Waals surface area contributed by atoms with E-state index in [4.69, 9.17) is 5.73 Å². The van der Waals surface area contributed by atoms with Gasteiger partial charge in [-0.05, 0) is 25.0 Å². The van der Waals surface area contributed by atoms with E-state index in [9.17, 15) is 19.5 Å². The number of imide groups is 1. The molecule has 3 amide bonds. The van der Waals surface area contributed by atoms with Gasteiger partial charge in [0.05, 0.1) is 11.7 Å². The van der Waals surface area contributed by atoms with Gasteiger partial charge in [-0.2, -0.15) is 0 Å². The van der Waals surface area contributed by atoms with E-state index < -0.39 is 29.9 Å². The number of likely N-dealkylation sites (tertiary alicyclic amines) is 1. The topological polar surface area (TPSA) is 125 Å². The molecule has 1 saturated heterocycles. The van der Waals surface area contributed by atoms with Gasteiger partial charge in [0.15, 0.2) is 6.04 Å². The van der Waals surface area contributed by atoms with Crippen LogP contribution in [0.2, 0.25) is 0 Å². The van der Waals surface area contributed by atoms with E-state index in [-0.39, 0.29) is 0 Å². The minimum Gasteiger partial charge on any atom is -0.480 e. The van der Waals surface area contributed by atoms with Crippen molar-refractivity contribution < 1.29 is 19.5 Å². The molecule has 1 aromatic carbocycles. The lowest BCUT2D eigenvalue weighted by Crippen LogP contribution is -2.67. The molecule has 0 spiro atoms. The molecule has 24 heavy (non-hydrogen) atoms. The van der Waals surface area contributed by atoms with Crippen LogP contribution < -0.4 is 16.4 Å². The van der Waals surface area contributed by atoms with E-state index in [0.717, 1.165) is 4.90 Å². The first-order valence-corrected chi connectivity index (χ1v) is 7.52. The van der Waals surface area contributed by atoms with Crippen LogP contribution in [0, 0.1) is 5.92 Å². The zero-order valence-electron chi connectivity index (χ0n) is 13.1. The standard InChI is InChI=1S/C16H20N4O4/c1-10(17)18-9-5-8-12-13(15(22)23)20(14(12)21)16(24)19-11-6-3-2-4-7-11/h2-4,6-7,12-13,18H,1,5,8-9,17H2,(H,19,24)(H,22,23)/t12-,13+/m1/s1. The second-order valence-corrected chi connectivity index (χ2v) is 5.49. The highest BCUT2D eigenvalue weighted by atomic mass is 16.4. The summed E-state index contributed by atoms with van der Waals surface area (Å²) in [6, 6.07) is 6.66. The first kappa shape index (κ1) is 17.3. The summed E-state index contributed by atoms with van der Waals surface area (Å²) >= 11 is 0. The van der Waals surface area contributed by atoms with E-state index >= 15 is 0 Å². The normalized spacial score (nSPS) is 19.3. The first-order valence-electron chi connectivity index (χ1n) is 7.52. The summed E-state index contributed by atoms with van der Waals surface area (Å²) in [5.41, 5.74) is 5.86. The number of carboxylic acids is 1. The Bertz CT molecular complexity index is 647. The summed E-state index contributed by atoms with van der Waals surface area (Å²) < 4.78 is 0. The van der Waals surface area contributed by atoms with Crippen LogP contribution in [-0.4, -0.2) is 40.5 Å². The molecule has 2 rings (SSSR count). The molecule has 0 bridgehead atoms. The van der Waals surface area contributed by atoms with Crippen molar-refractivity contribution in [3.63, 3.8) is 0 Å². The lowest BCUT2D eigenvalue weighted by Gasteiger charge is -2.42. The van der Waals surface area contributed by atoms with Crippen LogP contribution >= 0.6 is 0 Å². The molecule has 128 valence electrons. The molecule has 8 nitrogen and oxygen atoms in total. The van der Waals surface area contributed by atoms with Crippen molar-refractivity contribution in [2.24, 2.45) is 11.7 Å². The Kier molecular flexibility index (Phi) is 5.41. The van der Waals surface area contributed by atoms with Crippen LogP contribution in [-0.2, 0) is 9.59 Å². The SMILES string of the molecule is C=C(N)NCCC[C@H]1C(=O)N(C(=O)Nc2ccccc2)[C@@H]1C(=O)O. The van der Waals surface area contributed by atoms with Crippen molar-refractivity contribution in [2.75, 3.05) is 11.9 Å². The highest BCUT2D eigenvalue weighted by Gasteiger charge is 2.54. The van der Waals surface area contributed by atoms with Crippen LogP contribution in [0.3, 0.4) is 0 Å². The lowest BCUT2D eigenvalue weighted by molar-refractivity contribution is -0.165. The Hall–Kier alpha value is -3.03. The molecule has 2 atom stereocenters. The Morgan fingerprint density at radius 2 is 1.96 bits per heavy atom. The number of aliphatic carboxylic acids is 1. The Morgan fingerprint density at radius 1 is 1.29 bits per heavy atom. The molecule has 1 aliphatic rings. The fourth-order valence-corrected chi connectivity index (χ4v) is 2.61. The minimum atomic E-state index is -1.20. The van der Waals surface area contributed by atoms with Gasteiger partial charge in [0.1, 0.15) is 0 Å². The smallest absolute Gasteiger partial charge is 0.329 e. The third-order valence-electron chi connectivity index (χ3n) is 3.75. The Morgan fingerprint density at radius 3 is 2.54 bits per heavy atom. The summed E-state index contributed by atoms with van der Waals surface area (Å²) in [7, 11) is 0. The van der Waals surface area contributed by atoms with Gasteiger partial charge in [-0.25, -0.2) is 14.5 Å². The number of hydrogen-bond donors (Lipinski definition) is 4. The van der Waals surface area contributed by atoms with Gasteiger partial charge >= 0.3 is 12.0 Å². The van der Waals surface area contributed by atoms with Crippen molar-refractivity contribution in [2.45, 2.75) is 18.9 Å². The largest absolute Gasteiger partial charge is 0.480 e. The van der Waals surface area contributed by atoms with Gasteiger partial charge in [0.25, 0.3) is 0 Å². The Balaban J connectivity index is 1.95. The van der Waals surface area contributed by atoms with E-state index in [1.165, 1.54) is 0 Å². The van der Waals surface area contributed by atoms with Crippen LogP contribution in [0.25, 0.3) is 0 Å². The fraction of sp³-hybridized carbons (Fsp3) is 0.312. The van der Waals surface area contributed by atoms with Crippen molar-refractivity contribution >= 4 is 23.6 Å². The van der Waals surface area contributed by atoms with Crippen molar-refractivity contribution in [1.82, 2.24) is 10.2 Å². The second-order valence-electron chi connectivity index (χ2n) is 5.49. The second kappa shape index (κ2) is 7.49. The molecule has 1 fully saturated rings. The van der Waals surface area contributed by atoms with Crippen molar-refractivity contribution in [3.05, 3.63) is 42.7 Å². The maximum Gasteiger partial charge on any atom is 0.329 e. The zero-order valence-corrected chi connectivity index (χ0v) is 13.1. The average Bonchev–Trinajstić information content (AvgIpc) is 2.52. The molecule has 0 unspecified atom stereocenters. The molecule has 0 radical (unpaired) electrons. The number of hydrogen-bond acceptors (Lipinski definition) is 5. The van der Waals surface area contributed by atoms with Gasteiger partial charge < -0.3 is 21.5 Å². The summed E-state index contributed by atoms with van der Waals surface area (Å²) in [6.07, 6.45) is 0.899.